The van der Waals surface area contributed by atoms with Gasteiger partial charge >= 0.3 is 6.18 Å². The quantitative estimate of drug-likeness (QED) is 0.579. The van der Waals surface area contributed by atoms with Crippen LogP contribution in [0, 0.1) is 5.82 Å². The average molecular weight is 389 g/mol. The Kier molecular flexibility index (Phi) is 5.23. The van der Waals surface area contributed by atoms with Gasteiger partial charge in [0, 0.05) is 5.69 Å². The van der Waals surface area contributed by atoms with Gasteiger partial charge in [0.25, 0.3) is 0 Å². The van der Waals surface area contributed by atoms with Gasteiger partial charge < -0.3 is 0 Å². The van der Waals surface area contributed by atoms with E-state index in [1.165, 1.54) is 6.07 Å². The van der Waals surface area contributed by atoms with Gasteiger partial charge in [0.1, 0.15) is 16.3 Å². The van der Waals surface area contributed by atoms with E-state index >= 15 is 0 Å². The Morgan fingerprint density at radius 3 is 2.15 bits per heavy atom. The molecule has 0 unspecified atom stereocenters. The lowest BCUT2D eigenvalue weighted by Gasteiger charge is -2.23. The molecule has 1 heterocycles. The molecule has 0 aliphatic heterocycles. The second-order valence-corrected chi connectivity index (χ2v) is 8.58. The summed E-state index contributed by atoms with van der Waals surface area (Å²) in [5, 5.41) is 0. The maximum absolute atomic E-state index is 13.0. The number of sulfone groups is 1. The number of aromatic nitrogens is 1. The number of hydrogen-bond acceptors (Lipinski definition) is 4. The minimum Gasteiger partial charge on any atom is -0.298 e. The molecule has 0 aliphatic rings. The zero-order valence-electron chi connectivity index (χ0n) is 13.8. The largest absolute Gasteiger partial charge is 0.433 e. The molecule has 1 aromatic carbocycles. The third-order valence-electron chi connectivity index (χ3n) is 3.91. The number of pyridine rings is 1. The molecule has 2 rings (SSSR count). The smallest absolute Gasteiger partial charge is 0.298 e. The summed E-state index contributed by atoms with van der Waals surface area (Å²) in [6, 6.07) is 7.02. The first-order valence-electron chi connectivity index (χ1n) is 7.42. The van der Waals surface area contributed by atoms with Crippen LogP contribution >= 0.6 is 0 Å². The fourth-order valence-electron chi connectivity index (χ4n) is 2.17. The van der Waals surface area contributed by atoms with Gasteiger partial charge in [-0.25, -0.2) is 17.8 Å². The zero-order chi connectivity index (χ0) is 19.8. The van der Waals surface area contributed by atoms with E-state index in [2.05, 4.69) is 4.98 Å². The second kappa shape index (κ2) is 6.79. The van der Waals surface area contributed by atoms with Crippen LogP contribution in [0.3, 0.4) is 0 Å². The minimum atomic E-state index is -4.67. The highest BCUT2D eigenvalue weighted by molar-refractivity contribution is 7.93. The Bertz CT molecular complexity index is 920. The highest BCUT2D eigenvalue weighted by atomic mass is 32.2. The molecule has 2 aromatic rings. The summed E-state index contributed by atoms with van der Waals surface area (Å²) in [6.07, 6.45) is -5.26. The Balaban J connectivity index is 2.32. The van der Waals surface area contributed by atoms with Crippen molar-refractivity contribution in [2.75, 3.05) is 0 Å². The molecule has 0 N–H and O–H groups in total. The van der Waals surface area contributed by atoms with E-state index < -0.39 is 44.5 Å². The Morgan fingerprint density at radius 1 is 1.04 bits per heavy atom. The van der Waals surface area contributed by atoms with Crippen LogP contribution in [-0.2, 0) is 27.2 Å². The van der Waals surface area contributed by atoms with Crippen LogP contribution in [0.2, 0.25) is 0 Å². The van der Waals surface area contributed by atoms with E-state index in [-0.39, 0.29) is 10.6 Å². The van der Waals surface area contributed by atoms with Gasteiger partial charge in [-0.1, -0.05) is 6.07 Å². The number of hydrogen-bond donors (Lipinski definition) is 0. The van der Waals surface area contributed by atoms with E-state index in [1.807, 2.05) is 0 Å². The second-order valence-electron chi connectivity index (χ2n) is 6.08. The van der Waals surface area contributed by atoms with Gasteiger partial charge in [0.05, 0.1) is 11.3 Å². The normalized spacial score (nSPS) is 12.8. The summed E-state index contributed by atoms with van der Waals surface area (Å²) in [4.78, 5) is 15.6. The molecule has 0 saturated carbocycles. The Morgan fingerprint density at radius 2 is 1.62 bits per heavy atom. The summed E-state index contributed by atoms with van der Waals surface area (Å²) in [6.45, 7) is 2.31. The van der Waals surface area contributed by atoms with Crippen molar-refractivity contribution in [3.8, 4) is 0 Å². The van der Waals surface area contributed by atoms with Crippen molar-refractivity contribution in [1.29, 1.82) is 0 Å². The van der Waals surface area contributed by atoms with Gasteiger partial charge in [-0.05, 0) is 50.2 Å². The van der Waals surface area contributed by atoms with Gasteiger partial charge in [-0.3, -0.25) is 4.79 Å². The SMILES string of the molecule is CC(C)(C(=O)Cc1cccc(C(F)(F)F)n1)S(=O)(=O)c1ccc(F)cc1. The van der Waals surface area contributed by atoms with E-state index in [1.54, 1.807) is 0 Å². The summed E-state index contributed by atoms with van der Waals surface area (Å²) < 4.78 is 74.5. The van der Waals surface area contributed by atoms with Crippen molar-refractivity contribution < 1.29 is 30.8 Å². The van der Waals surface area contributed by atoms with Crippen molar-refractivity contribution in [1.82, 2.24) is 4.98 Å². The molecule has 0 bridgehead atoms. The van der Waals surface area contributed by atoms with E-state index in [4.69, 9.17) is 0 Å². The molecule has 0 fully saturated rings. The molecule has 0 saturated heterocycles. The van der Waals surface area contributed by atoms with Crippen molar-refractivity contribution in [2.45, 2.75) is 36.1 Å². The first-order chi connectivity index (χ1) is 11.9. The highest BCUT2D eigenvalue weighted by Crippen LogP contribution is 2.29. The lowest BCUT2D eigenvalue weighted by Crippen LogP contribution is -2.41. The van der Waals surface area contributed by atoms with Gasteiger partial charge in [-0.2, -0.15) is 13.2 Å². The number of ketones is 1. The first kappa shape index (κ1) is 20.0. The maximum atomic E-state index is 13.0. The van der Waals surface area contributed by atoms with Gasteiger partial charge in [0.15, 0.2) is 15.6 Å². The molecule has 26 heavy (non-hydrogen) atoms. The molecule has 0 spiro atoms. The lowest BCUT2D eigenvalue weighted by molar-refractivity contribution is -0.141. The molecule has 4 nitrogen and oxygen atoms in total. The van der Waals surface area contributed by atoms with Crippen molar-refractivity contribution in [2.24, 2.45) is 0 Å². The van der Waals surface area contributed by atoms with Crippen LogP contribution in [0.25, 0.3) is 0 Å². The number of carbonyl (C=O) groups excluding carboxylic acids is 1. The van der Waals surface area contributed by atoms with Crippen molar-refractivity contribution in [3.63, 3.8) is 0 Å². The maximum Gasteiger partial charge on any atom is 0.433 e. The van der Waals surface area contributed by atoms with Gasteiger partial charge in [-0.15, -0.1) is 0 Å². The standard InChI is InChI=1S/C17H15F4NO3S/c1-16(2,26(24,25)13-8-6-11(18)7-9-13)15(23)10-12-4-3-5-14(22-12)17(19,20)21/h3-9H,10H2,1-2H3. The minimum absolute atomic E-state index is 0.188. The number of carbonyl (C=O) groups is 1. The number of nitrogens with zero attached hydrogens (tertiary/aromatic N) is 1. The monoisotopic (exact) mass is 389 g/mol. The summed E-state index contributed by atoms with van der Waals surface area (Å²) in [5.41, 5.74) is -1.35. The molecular weight excluding hydrogens is 374 g/mol. The average Bonchev–Trinajstić information content (AvgIpc) is 2.54. The van der Waals surface area contributed by atoms with E-state index in [9.17, 15) is 30.8 Å². The molecule has 1 aromatic heterocycles. The third-order valence-corrected chi connectivity index (χ3v) is 6.37. The molecule has 0 aliphatic carbocycles. The molecule has 0 atom stereocenters. The molecule has 140 valence electrons. The van der Waals surface area contributed by atoms with Crippen LogP contribution < -0.4 is 0 Å². The van der Waals surface area contributed by atoms with Crippen LogP contribution in [0.15, 0.2) is 47.4 Å². The topological polar surface area (TPSA) is 64.1 Å². The van der Waals surface area contributed by atoms with Crippen LogP contribution in [0.4, 0.5) is 17.6 Å². The fourth-order valence-corrected chi connectivity index (χ4v) is 3.63. The van der Waals surface area contributed by atoms with Crippen molar-refractivity contribution in [3.05, 3.63) is 59.7 Å². The van der Waals surface area contributed by atoms with Crippen molar-refractivity contribution >= 4 is 15.6 Å². The summed E-state index contributed by atoms with van der Waals surface area (Å²) >= 11 is 0. The van der Waals surface area contributed by atoms with Crippen LogP contribution in [0.1, 0.15) is 25.2 Å². The molecule has 0 amide bonds. The predicted octanol–water partition coefficient (Wildman–Crippen LogP) is 3.60. The fraction of sp³-hybridized carbons (Fsp3) is 0.294. The zero-order valence-corrected chi connectivity index (χ0v) is 14.7. The van der Waals surface area contributed by atoms with E-state index in [0.29, 0.717) is 0 Å². The summed E-state index contributed by atoms with van der Waals surface area (Å²) in [5.74, 6) is -1.46. The third kappa shape index (κ3) is 3.92. The molecule has 0 radical (unpaired) electrons. The van der Waals surface area contributed by atoms with Crippen LogP contribution in [-0.4, -0.2) is 23.9 Å². The van der Waals surface area contributed by atoms with E-state index in [0.717, 1.165) is 50.2 Å². The first-order valence-corrected chi connectivity index (χ1v) is 8.90. The predicted molar refractivity (Wildman–Crippen MR) is 85.6 cm³/mol. The number of benzene rings is 1. The number of rotatable bonds is 5. The summed E-state index contributed by atoms with van der Waals surface area (Å²) in [7, 11) is -4.18. The van der Waals surface area contributed by atoms with Gasteiger partial charge in [0.2, 0.25) is 0 Å². The highest BCUT2D eigenvalue weighted by Gasteiger charge is 2.42. The Labute approximate surface area is 147 Å². The molecular formula is C17H15F4NO3S. The number of halogens is 4. The lowest BCUT2D eigenvalue weighted by atomic mass is 10.0. The Hall–Kier alpha value is -2.29. The molecule has 9 heteroatoms. The van der Waals surface area contributed by atoms with Crippen LogP contribution in [0.5, 0.6) is 0 Å². The number of alkyl halides is 3. The number of Topliss-reactive ketones (excluding diaryl/α,β-unsaturated/α-hetero) is 1.